The van der Waals surface area contributed by atoms with Crippen molar-refractivity contribution in [2.75, 3.05) is 25.0 Å². The van der Waals surface area contributed by atoms with E-state index in [0.717, 1.165) is 30.0 Å². The molecule has 0 atom stereocenters. The lowest BCUT2D eigenvalue weighted by Gasteiger charge is -2.18. The molecule has 1 amide bonds. The second-order valence-corrected chi connectivity index (χ2v) is 6.05. The summed E-state index contributed by atoms with van der Waals surface area (Å²) >= 11 is 0. The van der Waals surface area contributed by atoms with Crippen LogP contribution in [-0.2, 0) is 0 Å². The number of aryl methyl sites for hydroxylation is 2. The van der Waals surface area contributed by atoms with E-state index in [1.54, 1.807) is 4.52 Å². The van der Waals surface area contributed by atoms with E-state index in [-0.39, 0.29) is 11.7 Å². The van der Waals surface area contributed by atoms with Crippen LogP contribution in [0.2, 0.25) is 0 Å². The van der Waals surface area contributed by atoms with Crippen LogP contribution in [0.3, 0.4) is 0 Å². The second kappa shape index (κ2) is 7.29. The van der Waals surface area contributed by atoms with Gasteiger partial charge in [-0.15, -0.1) is 5.10 Å². The summed E-state index contributed by atoms with van der Waals surface area (Å²) in [5.41, 5.74) is 2.92. The lowest BCUT2D eigenvalue weighted by atomic mass is 10.3. The summed E-state index contributed by atoms with van der Waals surface area (Å²) in [6.07, 6.45) is 0.834. The Balaban J connectivity index is 1.54. The van der Waals surface area contributed by atoms with Gasteiger partial charge in [0.2, 0.25) is 5.82 Å². The van der Waals surface area contributed by atoms with Crippen LogP contribution in [-0.4, -0.2) is 45.6 Å². The molecule has 0 radical (unpaired) electrons. The Bertz CT molecular complexity index is 874. The normalized spacial score (nSPS) is 10.8. The number of fused-ring (bicyclic) bond motifs is 1. The van der Waals surface area contributed by atoms with E-state index in [4.69, 9.17) is 0 Å². The molecule has 1 aromatic carbocycles. The number of carbonyl (C=O) groups excluding carboxylic acids is 1. The fourth-order valence-electron chi connectivity index (χ4n) is 2.67. The van der Waals surface area contributed by atoms with Crippen LogP contribution in [0, 0.1) is 13.8 Å². The second-order valence-electron chi connectivity index (χ2n) is 6.05. The fourth-order valence-corrected chi connectivity index (χ4v) is 2.67. The molecule has 1 N–H and O–H groups in total. The highest BCUT2D eigenvalue weighted by molar-refractivity contribution is 5.90. The Hall–Kier alpha value is -2.96. The number of carbonyl (C=O) groups is 1. The SMILES string of the molecule is Cc1cc(C)n2nc(C(=O)NCCCN(C)c3ccccc3)nc2n1. The number of amides is 1. The molecular formula is C18H22N6O. The summed E-state index contributed by atoms with van der Waals surface area (Å²) in [5, 5.41) is 7.10. The van der Waals surface area contributed by atoms with Crippen molar-refractivity contribution >= 4 is 17.4 Å². The van der Waals surface area contributed by atoms with Crippen molar-refractivity contribution in [1.82, 2.24) is 24.9 Å². The van der Waals surface area contributed by atoms with E-state index >= 15 is 0 Å². The van der Waals surface area contributed by atoms with Crippen LogP contribution in [0.5, 0.6) is 0 Å². The van der Waals surface area contributed by atoms with Gasteiger partial charge in [-0.25, -0.2) is 9.50 Å². The highest BCUT2D eigenvalue weighted by atomic mass is 16.2. The molecular weight excluding hydrogens is 316 g/mol. The van der Waals surface area contributed by atoms with Crippen LogP contribution in [0.4, 0.5) is 5.69 Å². The smallest absolute Gasteiger partial charge is 0.291 e. The molecule has 0 saturated heterocycles. The predicted molar refractivity (Wildman–Crippen MR) is 96.9 cm³/mol. The maximum absolute atomic E-state index is 12.2. The van der Waals surface area contributed by atoms with Gasteiger partial charge in [-0.3, -0.25) is 4.79 Å². The van der Waals surface area contributed by atoms with Crippen LogP contribution in [0.1, 0.15) is 28.4 Å². The van der Waals surface area contributed by atoms with E-state index in [2.05, 4.69) is 37.4 Å². The van der Waals surface area contributed by atoms with E-state index in [1.807, 2.05) is 45.2 Å². The Morgan fingerprint density at radius 3 is 2.72 bits per heavy atom. The number of anilines is 1. The molecule has 2 heterocycles. The number of benzene rings is 1. The van der Waals surface area contributed by atoms with Crippen molar-refractivity contribution in [1.29, 1.82) is 0 Å². The first kappa shape index (κ1) is 16.9. The fraction of sp³-hybridized carbons (Fsp3) is 0.333. The van der Waals surface area contributed by atoms with Gasteiger partial charge >= 0.3 is 0 Å². The van der Waals surface area contributed by atoms with Gasteiger partial charge in [-0.05, 0) is 38.5 Å². The predicted octanol–water partition coefficient (Wildman–Crippen LogP) is 2.00. The van der Waals surface area contributed by atoms with Gasteiger partial charge in [0.15, 0.2) is 0 Å². The molecule has 0 aliphatic rings. The number of para-hydroxylation sites is 1. The third-order valence-corrected chi connectivity index (χ3v) is 3.97. The van der Waals surface area contributed by atoms with E-state index in [0.29, 0.717) is 12.3 Å². The minimum atomic E-state index is -0.273. The van der Waals surface area contributed by atoms with Gasteiger partial charge in [-0.1, -0.05) is 18.2 Å². The van der Waals surface area contributed by atoms with E-state index < -0.39 is 0 Å². The number of hydrogen-bond donors (Lipinski definition) is 1. The lowest BCUT2D eigenvalue weighted by molar-refractivity contribution is 0.0943. The van der Waals surface area contributed by atoms with Gasteiger partial charge in [-0.2, -0.15) is 4.98 Å². The molecule has 0 aliphatic carbocycles. The standard InChI is InChI=1S/C18H22N6O/c1-13-12-14(2)24-18(20-13)21-16(22-24)17(25)19-10-7-11-23(3)15-8-5-4-6-9-15/h4-6,8-9,12H,7,10-11H2,1-3H3,(H,19,25). The summed E-state index contributed by atoms with van der Waals surface area (Å²) in [4.78, 5) is 22.9. The van der Waals surface area contributed by atoms with Crippen molar-refractivity contribution in [3.63, 3.8) is 0 Å². The molecule has 2 aromatic heterocycles. The maximum Gasteiger partial charge on any atom is 0.291 e. The van der Waals surface area contributed by atoms with E-state index in [9.17, 15) is 4.79 Å². The van der Waals surface area contributed by atoms with Gasteiger partial charge in [0.1, 0.15) is 0 Å². The summed E-state index contributed by atoms with van der Waals surface area (Å²) in [6.45, 7) is 5.22. The average molecular weight is 338 g/mol. The van der Waals surface area contributed by atoms with Crippen molar-refractivity contribution < 1.29 is 4.79 Å². The molecule has 0 unspecified atom stereocenters. The quantitative estimate of drug-likeness (QED) is 0.696. The minimum absolute atomic E-state index is 0.151. The molecule has 3 aromatic rings. The first-order valence-corrected chi connectivity index (χ1v) is 8.30. The van der Waals surface area contributed by atoms with Crippen LogP contribution in [0.25, 0.3) is 5.78 Å². The molecule has 3 rings (SSSR count). The lowest BCUT2D eigenvalue weighted by Crippen LogP contribution is -2.29. The molecule has 130 valence electrons. The highest BCUT2D eigenvalue weighted by Gasteiger charge is 2.14. The van der Waals surface area contributed by atoms with Crippen molar-refractivity contribution in [3.8, 4) is 0 Å². The third kappa shape index (κ3) is 3.93. The van der Waals surface area contributed by atoms with Crippen LogP contribution < -0.4 is 10.2 Å². The molecule has 0 bridgehead atoms. The summed E-state index contributed by atoms with van der Waals surface area (Å²) in [5.74, 6) is 0.328. The van der Waals surface area contributed by atoms with Gasteiger partial charge in [0.25, 0.3) is 11.7 Å². The zero-order valence-electron chi connectivity index (χ0n) is 14.7. The van der Waals surface area contributed by atoms with Gasteiger partial charge in [0, 0.05) is 37.2 Å². The number of rotatable bonds is 6. The molecule has 0 saturated carbocycles. The number of hydrogen-bond acceptors (Lipinski definition) is 5. The average Bonchev–Trinajstić information content (AvgIpc) is 3.03. The number of nitrogens with zero attached hydrogens (tertiary/aromatic N) is 5. The topological polar surface area (TPSA) is 75.4 Å². The molecule has 0 spiro atoms. The summed E-state index contributed by atoms with van der Waals surface area (Å²) in [7, 11) is 2.04. The van der Waals surface area contributed by atoms with Crippen molar-refractivity contribution in [2.45, 2.75) is 20.3 Å². The first-order valence-electron chi connectivity index (χ1n) is 8.30. The van der Waals surface area contributed by atoms with Crippen molar-refractivity contribution in [2.24, 2.45) is 0 Å². The molecule has 25 heavy (non-hydrogen) atoms. The Morgan fingerprint density at radius 1 is 1.20 bits per heavy atom. The zero-order valence-corrected chi connectivity index (χ0v) is 14.7. The van der Waals surface area contributed by atoms with Crippen LogP contribution >= 0.6 is 0 Å². The molecule has 7 nitrogen and oxygen atoms in total. The van der Waals surface area contributed by atoms with E-state index in [1.165, 1.54) is 0 Å². The largest absolute Gasteiger partial charge is 0.375 e. The number of nitrogens with one attached hydrogen (secondary N) is 1. The van der Waals surface area contributed by atoms with Crippen LogP contribution in [0.15, 0.2) is 36.4 Å². The monoisotopic (exact) mass is 338 g/mol. The molecule has 7 heteroatoms. The number of aromatic nitrogens is 4. The summed E-state index contributed by atoms with van der Waals surface area (Å²) < 4.78 is 1.59. The highest BCUT2D eigenvalue weighted by Crippen LogP contribution is 2.10. The summed E-state index contributed by atoms with van der Waals surface area (Å²) in [6, 6.07) is 12.1. The molecule has 0 aliphatic heterocycles. The Labute approximate surface area is 146 Å². The van der Waals surface area contributed by atoms with Gasteiger partial charge in [0.05, 0.1) is 0 Å². The Kier molecular flexibility index (Phi) is 4.92. The van der Waals surface area contributed by atoms with Gasteiger partial charge < -0.3 is 10.2 Å². The Morgan fingerprint density at radius 2 is 1.96 bits per heavy atom. The maximum atomic E-state index is 12.2. The van der Waals surface area contributed by atoms with Crippen molar-refractivity contribution in [3.05, 3.63) is 53.6 Å². The molecule has 0 fully saturated rings. The first-order chi connectivity index (χ1) is 12.0. The third-order valence-electron chi connectivity index (χ3n) is 3.97. The zero-order chi connectivity index (χ0) is 17.8. The minimum Gasteiger partial charge on any atom is -0.375 e.